The highest BCUT2D eigenvalue weighted by atomic mass is 32.1. The zero-order chi connectivity index (χ0) is 30.8. The Morgan fingerprint density at radius 1 is 0.953 bits per heavy atom. The smallest absolute Gasteiger partial charge is 0.268 e. The number of benzene rings is 1. The minimum absolute atomic E-state index is 0.000480. The SMILES string of the molecule is CCN(C(=O)Cn1c(C(=O)NC2CCC(C(=O)NCCCCCCNC(C)=O)CC2)cc2sccc21)c1cccc(C)c1. The molecule has 1 fully saturated rings. The van der Waals surface area contributed by atoms with Crippen LogP contribution in [0.5, 0.6) is 0 Å². The number of carbonyl (C=O) groups is 4. The molecule has 0 unspecified atom stereocenters. The van der Waals surface area contributed by atoms with Gasteiger partial charge in [0.2, 0.25) is 17.7 Å². The van der Waals surface area contributed by atoms with Crippen LogP contribution in [0.2, 0.25) is 0 Å². The number of unbranched alkanes of at least 4 members (excludes halogenated alkanes) is 3. The first-order chi connectivity index (χ1) is 20.8. The number of nitrogens with zero attached hydrogens (tertiary/aromatic N) is 2. The van der Waals surface area contributed by atoms with Crippen molar-refractivity contribution in [1.29, 1.82) is 0 Å². The summed E-state index contributed by atoms with van der Waals surface area (Å²) >= 11 is 1.56. The highest BCUT2D eigenvalue weighted by molar-refractivity contribution is 7.17. The first-order valence-electron chi connectivity index (χ1n) is 15.5. The maximum Gasteiger partial charge on any atom is 0.268 e. The molecule has 0 spiro atoms. The Labute approximate surface area is 258 Å². The summed E-state index contributed by atoms with van der Waals surface area (Å²) in [5, 5.41) is 11.0. The van der Waals surface area contributed by atoms with Crippen molar-refractivity contribution in [2.45, 2.75) is 84.7 Å². The molecule has 4 rings (SSSR count). The van der Waals surface area contributed by atoms with Crippen LogP contribution in [-0.2, 0) is 20.9 Å². The first-order valence-corrected chi connectivity index (χ1v) is 16.4. The predicted molar refractivity (Wildman–Crippen MR) is 172 cm³/mol. The molecule has 1 aliphatic carbocycles. The molecule has 4 amide bonds. The molecule has 0 saturated heterocycles. The van der Waals surface area contributed by atoms with E-state index in [1.165, 1.54) is 6.92 Å². The molecular weight excluding hydrogens is 562 g/mol. The number of aryl methyl sites for hydroxylation is 1. The van der Waals surface area contributed by atoms with Crippen molar-refractivity contribution >= 4 is 50.9 Å². The predicted octanol–water partition coefficient (Wildman–Crippen LogP) is 5.17. The Morgan fingerprint density at radius 2 is 1.67 bits per heavy atom. The molecule has 232 valence electrons. The third kappa shape index (κ3) is 8.92. The van der Waals surface area contributed by atoms with Gasteiger partial charge in [0.25, 0.3) is 5.91 Å². The number of amides is 4. The monoisotopic (exact) mass is 607 g/mol. The van der Waals surface area contributed by atoms with E-state index in [0.717, 1.165) is 72.8 Å². The van der Waals surface area contributed by atoms with Crippen molar-refractivity contribution in [3.8, 4) is 0 Å². The van der Waals surface area contributed by atoms with Crippen LogP contribution in [0.3, 0.4) is 0 Å². The van der Waals surface area contributed by atoms with E-state index in [0.29, 0.717) is 25.3 Å². The van der Waals surface area contributed by atoms with Crippen molar-refractivity contribution < 1.29 is 19.2 Å². The topological polar surface area (TPSA) is 113 Å². The number of rotatable bonds is 14. The molecule has 0 radical (unpaired) electrons. The summed E-state index contributed by atoms with van der Waals surface area (Å²) < 4.78 is 2.81. The summed E-state index contributed by atoms with van der Waals surface area (Å²) in [6.07, 6.45) is 6.90. The van der Waals surface area contributed by atoms with E-state index in [2.05, 4.69) is 16.0 Å². The average Bonchev–Trinajstić information content (AvgIpc) is 3.58. The van der Waals surface area contributed by atoms with Gasteiger partial charge in [0.15, 0.2) is 0 Å². The molecule has 0 atom stereocenters. The summed E-state index contributed by atoms with van der Waals surface area (Å²) in [5.74, 6) is -0.171. The quantitative estimate of drug-likeness (QED) is 0.220. The van der Waals surface area contributed by atoms with Gasteiger partial charge in [-0.25, -0.2) is 0 Å². The number of anilines is 1. The van der Waals surface area contributed by atoms with Crippen molar-refractivity contribution in [2.24, 2.45) is 5.92 Å². The second kappa shape index (κ2) is 15.7. The fraction of sp³-hybridized carbons (Fsp3) is 0.515. The van der Waals surface area contributed by atoms with Gasteiger partial charge in [-0.15, -0.1) is 11.3 Å². The number of fused-ring (bicyclic) bond motifs is 1. The van der Waals surface area contributed by atoms with Gasteiger partial charge in [0, 0.05) is 44.2 Å². The van der Waals surface area contributed by atoms with Gasteiger partial charge in [0.05, 0.1) is 10.2 Å². The van der Waals surface area contributed by atoms with Crippen LogP contribution in [-0.4, -0.2) is 53.9 Å². The normalized spacial score (nSPS) is 16.5. The third-order valence-corrected chi connectivity index (χ3v) is 9.04. The summed E-state index contributed by atoms with van der Waals surface area (Å²) in [6.45, 7) is 7.47. The molecule has 2 heterocycles. The van der Waals surface area contributed by atoms with E-state index >= 15 is 0 Å². The Bertz CT molecular complexity index is 1410. The fourth-order valence-corrected chi connectivity index (χ4v) is 6.66. The van der Waals surface area contributed by atoms with Crippen LogP contribution in [0.1, 0.15) is 81.3 Å². The lowest BCUT2D eigenvalue weighted by Gasteiger charge is -2.28. The molecule has 0 bridgehead atoms. The lowest BCUT2D eigenvalue weighted by atomic mass is 9.85. The molecule has 0 aliphatic heterocycles. The molecule has 3 aromatic rings. The Kier molecular flexibility index (Phi) is 11.8. The second-order valence-corrected chi connectivity index (χ2v) is 12.4. The number of thiophene rings is 1. The number of carbonyl (C=O) groups excluding carboxylic acids is 4. The minimum Gasteiger partial charge on any atom is -0.356 e. The summed E-state index contributed by atoms with van der Waals surface area (Å²) in [6, 6.07) is 11.7. The molecule has 1 aromatic carbocycles. The second-order valence-electron chi connectivity index (χ2n) is 11.5. The number of likely N-dealkylation sites (N-methyl/N-ethyl adjacent to an activating group) is 1. The Balaban J connectivity index is 1.27. The van der Waals surface area contributed by atoms with E-state index in [1.807, 2.05) is 60.2 Å². The van der Waals surface area contributed by atoms with Gasteiger partial charge >= 0.3 is 0 Å². The van der Waals surface area contributed by atoms with Gasteiger partial charge in [-0.2, -0.15) is 0 Å². The fourth-order valence-electron chi connectivity index (χ4n) is 5.84. The van der Waals surface area contributed by atoms with Gasteiger partial charge in [0.1, 0.15) is 12.2 Å². The highest BCUT2D eigenvalue weighted by Crippen LogP contribution is 2.28. The zero-order valence-corrected chi connectivity index (χ0v) is 26.4. The standard InChI is InChI=1S/C33H45N5O4S/c1-4-37(27-11-9-10-23(2)20-27)31(40)22-38-28-16-19-43-30(28)21-29(38)33(42)36-26-14-12-25(13-15-26)32(41)35-18-8-6-5-7-17-34-24(3)39/h9-11,16,19-21,25-26H,4-8,12-15,17-18,22H2,1-3H3,(H,34,39)(H,35,41)(H,36,42). The number of hydrogen-bond donors (Lipinski definition) is 3. The summed E-state index contributed by atoms with van der Waals surface area (Å²) in [7, 11) is 0. The van der Waals surface area contributed by atoms with Gasteiger partial charge in [-0.1, -0.05) is 25.0 Å². The molecule has 1 aliphatic rings. The number of hydrogen-bond acceptors (Lipinski definition) is 5. The molecular formula is C33H45N5O4S. The molecule has 10 heteroatoms. The van der Waals surface area contributed by atoms with Crippen LogP contribution in [0.4, 0.5) is 5.69 Å². The average molecular weight is 608 g/mol. The van der Waals surface area contributed by atoms with Crippen LogP contribution in [0, 0.1) is 12.8 Å². The molecule has 3 N–H and O–H groups in total. The molecule has 1 saturated carbocycles. The summed E-state index contributed by atoms with van der Waals surface area (Å²) in [5.41, 5.74) is 3.32. The van der Waals surface area contributed by atoms with Crippen LogP contribution >= 0.6 is 11.3 Å². The van der Waals surface area contributed by atoms with E-state index in [-0.39, 0.29) is 42.1 Å². The van der Waals surface area contributed by atoms with Gasteiger partial charge in [-0.3, -0.25) is 19.2 Å². The van der Waals surface area contributed by atoms with Crippen LogP contribution in [0.15, 0.2) is 41.8 Å². The molecule has 2 aromatic heterocycles. The minimum atomic E-state index is -0.179. The van der Waals surface area contributed by atoms with E-state index in [1.54, 1.807) is 16.2 Å². The van der Waals surface area contributed by atoms with Gasteiger partial charge in [-0.05, 0) is 87.6 Å². The first kappa shape index (κ1) is 32.3. The Morgan fingerprint density at radius 3 is 2.35 bits per heavy atom. The maximum absolute atomic E-state index is 13.5. The van der Waals surface area contributed by atoms with Crippen LogP contribution < -0.4 is 20.9 Å². The van der Waals surface area contributed by atoms with Crippen molar-refractivity contribution in [3.05, 3.63) is 53.0 Å². The number of aromatic nitrogens is 1. The molecule has 9 nitrogen and oxygen atoms in total. The van der Waals surface area contributed by atoms with E-state index in [9.17, 15) is 19.2 Å². The zero-order valence-electron chi connectivity index (χ0n) is 25.6. The number of nitrogens with one attached hydrogen (secondary N) is 3. The highest BCUT2D eigenvalue weighted by Gasteiger charge is 2.28. The van der Waals surface area contributed by atoms with Crippen molar-refractivity contribution in [3.63, 3.8) is 0 Å². The summed E-state index contributed by atoms with van der Waals surface area (Å²) in [4.78, 5) is 52.3. The lowest BCUT2D eigenvalue weighted by Crippen LogP contribution is -2.42. The van der Waals surface area contributed by atoms with E-state index < -0.39 is 0 Å². The van der Waals surface area contributed by atoms with Crippen molar-refractivity contribution in [1.82, 2.24) is 20.5 Å². The van der Waals surface area contributed by atoms with E-state index in [4.69, 9.17) is 0 Å². The van der Waals surface area contributed by atoms with Crippen molar-refractivity contribution in [2.75, 3.05) is 24.5 Å². The largest absolute Gasteiger partial charge is 0.356 e. The van der Waals surface area contributed by atoms with Crippen LogP contribution in [0.25, 0.3) is 10.2 Å². The Hall–Kier alpha value is -3.66. The third-order valence-electron chi connectivity index (χ3n) is 8.19. The maximum atomic E-state index is 13.5. The lowest BCUT2D eigenvalue weighted by molar-refractivity contribution is -0.126. The molecule has 43 heavy (non-hydrogen) atoms. The van der Waals surface area contributed by atoms with Gasteiger partial charge < -0.3 is 25.4 Å².